The van der Waals surface area contributed by atoms with E-state index in [0.717, 1.165) is 53.9 Å². The van der Waals surface area contributed by atoms with Crippen molar-refractivity contribution in [1.29, 1.82) is 10.5 Å². The smallest absolute Gasteiger partial charge is 0.111 e. The van der Waals surface area contributed by atoms with Gasteiger partial charge in [-0.15, -0.1) is 0 Å². The second kappa shape index (κ2) is 7.49. The van der Waals surface area contributed by atoms with Crippen LogP contribution >= 0.6 is 0 Å². The molecule has 3 aromatic rings. The van der Waals surface area contributed by atoms with Gasteiger partial charge in [-0.3, -0.25) is 20.5 Å². The molecule has 0 bridgehead atoms. The quantitative estimate of drug-likeness (QED) is 0.679. The molecule has 8 heteroatoms. The number of hydrazine groups is 1. The summed E-state index contributed by atoms with van der Waals surface area (Å²) in [5.74, 6) is 0.616. The molecule has 0 aromatic carbocycles. The second-order valence-electron chi connectivity index (χ2n) is 8.27. The molecule has 1 aliphatic carbocycles. The number of aromatic nitrogens is 4. The van der Waals surface area contributed by atoms with Crippen LogP contribution in [0.4, 0.5) is 0 Å². The Kier molecular flexibility index (Phi) is 4.66. The number of nitriles is 2. The van der Waals surface area contributed by atoms with Gasteiger partial charge in [0.1, 0.15) is 11.4 Å². The minimum Gasteiger partial charge on any atom is -0.265 e. The molecular formula is C22H22N8. The van der Waals surface area contributed by atoms with Crippen molar-refractivity contribution in [3.63, 3.8) is 0 Å². The number of hydrogen-bond donors (Lipinski definition) is 2. The lowest BCUT2D eigenvalue weighted by Gasteiger charge is -2.46. The van der Waals surface area contributed by atoms with E-state index in [-0.39, 0.29) is 11.5 Å². The summed E-state index contributed by atoms with van der Waals surface area (Å²) < 4.78 is 1.93. The summed E-state index contributed by atoms with van der Waals surface area (Å²) in [5.41, 5.74) is 9.51. The zero-order valence-corrected chi connectivity index (χ0v) is 16.5. The zero-order chi connectivity index (χ0) is 20.6. The molecule has 5 rings (SSSR count). The van der Waals surface area contributed by atoms with E-state index in [2.05, 4.69) is 34.0 Å². The standard InChI is InChI=1S/C22H22N8/c23-6-3-15-11-22(12-15,5-7-24)30-9-4-18(29-30)21-17-2-1-8-25-20(17)10-19(28-21)16-13-26-27-14-16/h1-2,4,8-10,15-16,26-27H,3,5,11-14H2. The van der Waals surface area contributed by atoms with E-state index in [1.54, 1.807) is 6.20 Å². The summed E-state index contributed by atoms with van der Waals surface area (Å²) in [4.78, 5) is 9.53. The van der Waals surface area contributed by atoms with E-state index in [4.69, 9.17) is 15.3 Å². The van der Waals surface area contributed by atoms with Gasteiger partial charge in [-0.1, -0.05) is 0 Å². The molecular weight excluding hydrogens is 376 g/mol. The minimum absolute atomic E-state index is 0.278. The van der Waals surface area contributed by atoms with Crippen LogP contribution < -0.4 is 10.9 Å². The normalized spacial score (nSPS) is 23.7. The highest BCUT2D eigenvalue weighted by molar-refractivity contribution is 5.91. The maximum absolute atomic E-state index is 9.38. The molecule has 1 aliphatic heterocycles. The molecule has 2 aliphatic rings. The Labute approximate surface area is 174 Å². The number of nitrogens with one attached hydrogen (secondary N) is 2. The number of rotatable bonds is 5. The molecule has 0 unspecified atom stereocenters. The first kappa shape index (κ1) is 18.7. The molecule has 0 radical (unpaired) electrons. The monoisotopic (exact) mass is 398 g/mol. The summed E-state index contributed by atoms with van der Waals surface area (Å²) in [5, 5.41) is 24.2. The van der Waals surface area contributed by atoms with Crippen molar-refractivity contribution < 1.29 is 0 Å². The molecule has 1 saturated heterocycles. The first-order chi connectivity index (χ1) is 14.7. The highest BCUT2D eigenvalue weighted by Gasteiger charge is 2.46. The van der Waals surface area contributed by atoms with Crippen LogP contribution in [0.3, 0.4) is 0 Å². The summed E-state index contributed by atoms with van der Waals surface area (Å²) in [6.07, 6.45) is 6.29. The molecule has 0 spiro atoms. The minimum atomic E-state index is -0.320. The summed E-state index contributed by atoms with van der Waals surface area (Å²) >= 11 is 0. The third kappa shape index (κ3) is 3.11. The van der Waals surface area contributed by atoms with Gasteiger partial charge in [0.2, 0.25) is 0 Å². The Morgan fingerprint density at radius 2 is 2.00 bits per heavy atom. The first-order valence-corrected chi connectivity index (χ1v) is 10.2. The van der Waals surface area contributed by atoms with E-state index in [1.807, 2.05) is 29.1 Å². The van der Waals surface area contributed by atoms with Crippen LogP contribution in [0, 0.1) is 28.6 Å². The predicted molar refractivity (Wildman–Crippen MR) is 111 cm³/mol. The molecule has 3 aromatic heterocycles. The lowest BCUT2D eigenvalue weighted by atomic mass is 9.66. The summed E-state index contributed by atoms with van der Waals surface area (Å²) in [6, 6.07) is 12.5. The highest BCUT2D eigenvalue weighted by atomic mass is 15.4. The third-order valence-corrected chi connectivity index (χ3v) is 6.30. The lowest BCUT2D eigenvalue weighted by Crippen LogP contribution is -2.46. The van der Waals surface area contributed by atoms with Crippen molar-refractivity contribution in [2.24, 2.45) is 5.92 Å². The summed E-state index contributed by atoms with van der Waals surface area (Å²) in [7, 11) is 0. The third-order valence-electron chi connectivity index (χ3n) is 6.30. The average molecular weight is 398 g/mol. The van der Waals surface area contributed by atoms with Gasteiger partial charge in [-0.2, -0.15) is 15.6 Å². The Balaban J connectivity index is 1.54. The summed E-state index contributed by atoms with van der Waals surface area (Å²) in [6.45, 7) is 1.65. The van der Waals surface area contributed by atoms with Crippen LogP contribution in [0.1, 0.15) is 37.3 Å². The van der Waals surface area contributed by atoms with Crippen LogP contribution in [0.5, 0.6) is 0 Å². The van der Waals surface area contributed by atoms with Gasteiger partial charge in [0, 0.05) is 48.9 Å². The number of fused-ring (bicyclic) bond motifs is 1. The maximum atomic E-state index is 9.38. The number of pyridine rings is 2. The highest BCUT2D eigenvalue weighted by Crippen LogP contribution is 2.47. The largest absolute Gasteiger partial charge is 0.265 e. The maximum Gasteiger partial charge on any atom is 0.111 e. The van der Waals surface area contributed by atoms with Gasteiger partial charge >= 0.3 is 0 Å². The van der Waals surface area contributed by atoms with Gasteiger partial charge in [-0.25, -0.2) is 4.98 Å². The SMILES string of the molecule is N#CCC1CC(CC#N)(n2ccc(-c3nc(C4CNNC4)cc4ncccc34)n2)C1. The van der Waals surface area contributed by atoms with Gasteiger partial charge in [0.05, 0.1) is 29.6 Å². The van der Waals surface area contributed by atoms with Crippen LogP contribution in [0.25, 0.3) is 22.3 Å². The molecule has 0 atom stereocenters. The molecule has 150 valence electrons. The van der Waals surface area contributed by atoms with Crippen molar-refractivity contribution in [3.05, 3.63) is 42.4 Å². The van der Waals surface area contributed by atoms with Gasteiger partial charge in [0.15, 0.2) is 0 Å². The number of nitrogens with zero attached hydrogens (tertiary/aromatic N) is 6. The molecule has 30 heavy (non-hydrogen) atoms. The first-order valence-electron chi connectivity index (χ1n) is 10.2. The van der Waals surface area contributed by atoms with E-state index in [0.29, 0.717) is 18.8 Å². The molecule has 8 nitrogen and oxygen atoms in total. The Morgan fingerprint density at radius 3 is 2.77 bits per heavy atom. The topological polar surface area (TPSA) is 115 Å². The fourth-order valence-corrected chi connectivity index (χ4v) is 4.73. The van der Waals surface area contributed by atoms with Gasteiger partial charge in [-0.05, 0) is 43.0 Å². The number of hydrogen-bond acceptors (Lipinski definition) is 7. The lowest BCUT2D eigenvalue weighted by molar-refractivity contribution is 0.0601. The van der Waals surface area contributed by atoms with Crippen molar-refractivity contribution >= 4 is 10.9 Å². The van der Waals surface area contributed by atoms with Crippen molar-refractivity contribution in [3.8, 4) is 23.5 Å². The van der Waals surface area contributed by atoms with Crippen molar-refractivity contribution in [2.75, 3.05) is 13.1 Å². The molecule has 1 saturated carbocycles. The zero-order valence-electron chi connectivity index (χ0n) is 16.5. The van der Waals surface area contributed by atoms with Gasteiger partial charge < -0.3 is 0 Å². The molecule has 2 fully saturated rings. The van der Waals surface area contributed by atoms with Crippen LogP contribution in [-0.4, -0.2) is 32.8 Å². The van der Waals surface area contributed by atoms with Crippen LogP contribution in [0.2, 0.25) is 0 Å². The fourth-order valence-electron chi connectivity index (χ4n) is 4.73. The van der Waals surface area contributed by atoms with Crippen molar-refractivity contribution in [2.45, 2.75) is 37.1 Å². The molecule has 2 N–H and O–H groups in total. The Hall–Kier alpha value is -3.33. The Morgan fingerprint density at radius 1 is 1.17 bits per heavy atom. The molecule has 4 heterocycles. The van der Waals surface area contributed by atoms with E-state index in [9.17, 15) is 5.26 Å². The van der Waals surface area contributed by atoms with Crippen molar-refractivity contribution in [1.82, 2.24) is 30.6 Å². The van der Waals surface area contributed by atoms with Crippen LogP contribution in [-0.2, 0) is 5.54 Å². The fraction of sp³-hybridized carbons (Fsp3) is 0.409. The van der Waals surface area contributed by atoms with E-state index >= 15 is 0 Å². The predicted octanol–water partition coefficient (Wildman–Crippen LogP) is 2.62. The van der Waals surface area contributed by atoms with Crippen LogP contribution in [0.15, 0.2) is 36.7 Å². The average Bonchev–Trinajstić information content (AvgIpc) is 3.44. The molecule has 0 amide bonds. The second-order valence-corrected chi connectivity index (χ2v) is 8.27. The van der Waals surface area contributed by atoms with Gasteiger partial charge in [0.25, 0.3) is 0 Å². The Bertz CT molecular complexity index is 1160. The van der Waals surface area contributed by atoms with E-state index in [1.165, 1.54) is 0 Å². The van der Waals surface area contributed by atoms with E-state index < -0.39 is 0 Å².